The number of rotatable bonds is 16. The predicted molar refractivity (Wildman–Crippen MR) is 110 cm³/mol. The van der Waals surface area contributed by atoms with Crippen molar-refractivity contribution in [1.82, 2.24) is 0 Å². The first-order valence-corrected chi connectivity index (χ1v) is 13.5. The van der Waals surface area contributed by atoms with E-state index in [-0.39, 0.29) is 0 Å². The third-order valence-corrected chi connectivity index (χ3v) is 9.74. The van der Waals surface area contributed by atoms with Crippen molar-refractivity contribution in [2.24, 2.45) is 5.92 Å². The van der Waals surface area contributed by atoms with Crippen molar-refractivity contribution in [3.05, 3.63) is 0 Å². The molecule has 0 unspecified atom stereocenters. The molecule has 0 aromatic carbocycles. The van der Waals surface area contributed by atoms with Gasteiger partial charge in [-0.25, -0.2) is 0 Å². The summed E-state index contributed by atoms with van der Waals surface area (Å²) in [5.41, 5.74) is 0. The van der Waals surface area contributed by atoms with E-state index >= 15 is 0 Å². The molecule has 0 heterocycles. The zero-order valence-electron chi connectivity index (χ0n) is 16.0. The van der Waals surface area contributed by atoms with Crippen LogP contribution in [0.5, 0.6) is 0 Å². The number of hydrogen-bond donors (Lipinski definition) is 0. The second-order valence-corrected chi connectivity index (χ2v) is 13.3. The Morgan fingerprint density at radius 2 is 1.00 bits per heavy atom. The standard InChI is InChI=1S/C20H43PS/c1-5-7-9-11-13-15-17-21(22,19-20(3)4)18-16-14-12-10-8-6-2/h20H,5-19H2,1-4H3. The maximum atomic E-state index is 6.19. The summed E-state index contributed by atoms with van der Waals surface area (Å²) < 4.78 is 0. The lowest BCUT2D eigenvalue weighted by Gasteiger charge is -2.24. The Bertz CT molecular complexity index is 253. The molecule has 0 fully saturated rings. The maximum absolute atomic E-state index is 6.19. The summed E-state index contributed by atoms with van der Waals surface area (Å²) >= 11 is 6.19. The van der Waals surface area contributed by atoms with Crippen LogP contribution in [0.3, 0.4) is 0 Å². The summed E-state index contributed by atoms with van der Waals surface area (Å²) in [7, 11) is 0. The van der Waals surface area contributed by atoms with E-state index in [0.29, 0.717) is 0 Å². The fourth-order valence-electron chi connectivity index (χ4n) is 3.32. The predicted octanol–water partition coefficient (Wildman–Crippen LogP) is 7.84. The van der Waals surface area contributed by atoms with Gasteiger partial charge in [-0.3, -0.25) is 0 Å². The van der Waals surface area contributed by atoms with Crippen molar-refractivity contribution in [3.8, 4) is 0 Å². The third kappa shape index (κ3) is 14.3. The van der Waals surface area contributed by atoms with E-state index in [1.165, 1.54) is 95.5 Å². The SMILES string of the molecule is CCCCCCCCP(=S)(CCCCCCCC)CC(C)C. The second kappa shape index (κ2) is 15.2. The molecule has 0 N–H and O–H groups in total. The van der Waals surface area contributed by atoms with Gasteiger partial charge < -0.3 is 0 Å². The number of unbranched alkanes of at least 4 members (excludes halogenated alkanes) is 10. The molecule has 0 saturated heterocycles. The summed E-state index contributed by atoms with van der Waals surface area (Å²) in [5, 5.41) is 0. The van der Waals surface area contributed by atoms with Gasteiger partial charge in [-0.15, -0.1) is 0 Å². The molecule has 0 rings (SSSR count). The van der Waals surface area contributed by atoms with Crippen LogP contribution in [0.15, 0.2) is 0 Å². The van der Waals surface area contributed by atoms with E-state index in [9.17, 15) is 0 Å². The monoisotopic (exact) mass is 346 g/mol. The molecule has 2 heteroatoms. The zero-order chi connectivity index (χ0) is 16.7. The van der Waals surface area contributed by atoms with Gasteiger partial charge >= 0.3 is 0 Å². The molecule has 22 heavy (non-hydrogen) atoms. The average Bonchev–Trinajstić information content (AvgIpc) is 2.46. The van der Waals surface area contributed by atoms with Crippen LogP contribution in [-0.4, -0.2) is 18.5 Å². The van der Waals surface area contributed by atoms with Gasteiger partial charge in [0.15, 0.2) is 0 Å². The highest BCUT2D eigenvalue weighted by Gasteiger charge is 2.17. The fourth-order valence-corrected chi connectivity index (χ4v) is 8.51. The Morgan fingerprint density at radius 1 is 0.636 bits per heavy atom. The Kier molecular flexibility index (Phi) is 15.6. The summed E-state index contributed by atoms with van der Waals surface area (Å²) in [5.74, 6) is 0.797. The van der Waals surface area contributed by atoms with Crippen LogP contribution in [0.25, 0.3) is 0 Å². The molecule has 0 atom stereocenters. The molecule has 0 aliphatic carbocycles. The highest BCUT2D eigenvalue weighted by Crippen LogP contribution is 2.49. The van der Waals surface area contributed by atoms with Crippen LogP contribution >= 0.6 is 6.04 Å². The molecule has 0 bridgehead atoms. The lowest BCUT2D eigenvalue weighted by atomic mass is 10.1. The number of hydrogen-bond acceptors (Lipinski definition) is 1. The molecule has 0 aromatic rings. The quantitative estimate of drug-likeness (QED) is 0.202. The minimum atomic E-state index is -1.05. The van der Waals surface area contributed by atoms with Gasteiger partial charge in [0.2, 0.25) is 0 Å². The van der Waals surface area contributed by atoms with E-state index in [0.717, 1.165) is 5.92 Å². The van der Waals surface area contributed by atoms with E-state index in [2.05, 4.69) is 27.7 Å². The van der Waals surface area contributed by atoms with Gasteiger partial charge in [-0.1, -0.05) is 104 Å². The fraction of sp³-hybridized carbons (Fsp3) is 1.00. The Balaban J connectivity index is 3.93. The molecule has 0 aromatic heterocycles. The van der Waals surface area contributed by atoms with Crippen molar-refractivity contribution in [2.75, 3.05) is 18.5 Å². The van der Waals surface area contributed by atoms with Gasteiger partial charge in [0, 0.05) is 0 Å². The third-order valence-electron chi connectivity index (χ3n) is 4.54. The minimum absolute atomic E-state index is 0.797. The Labute approximate surface area is 147 Å². The first-order valence-electron chi connectivity index (χ1n) is 10.1. The van der Waals surface area contributed by atoms with Gasteiger partial charge in [-0.2, -0.15) is 0 Å². The smallest absolute Gasteiger partial charge is 0.0211 e. The van der Waals surface area contributed by atoms with Crippen LogP contribution in [-0.2, 0) is 11.8 Å². The van der Waals surface area contributed by atoms with E-state index < -0.39 is 6.04 Å². The molecule has 0 saturated carbocycles. The normalized spacial score (nSPS) is 12.2. The van der Waals surface area contributed by atoms with Gasteiger partial charge in [0.1, 0.15) is 0 Å². The summed E-state index contributed by atoms with van der Waals surface area (Å²) in [6.45, 7) is 9.32. The lowest BCUT2D eigenvalue weighted by molar-refractivity contribution is 0.620. The summed E-state index contributed by atoms with van der Waals surface area (Å²) in [6, 6.07) is -1.05. The average molecular weight is 347 g/mol. The van der Waals surface area contributed by atoms with Crippen LogP contribution in [0, 0.1) is 5.92 Å². The van der Waals surface area contributed by atoms with E-state index in [4.69, 9.17) is 11.8 Å². The minimum Gasteiger partial charge on any atom is -0.0975 e. The summed E-state index contributed by atoms with van der Waals surface area (Å²) in [4.78, 5) is 0. The first kappa shape index (κ1) is 22.6. The van der Waals surface area contributed by atoms with Gasteiger partial charge in [0.05, 0.1) is 0 Å². The topological polar surface area (TPSA) is 0 Å². The van der Waals surface area contributed by atoms with Crippen molar-refractivity contribution < 1.29 is 0 Å². The van der Waals surface area contributed by atoms with Crippen molar-refractivity contribution in [2.45, 2.75) is 105 Å². The van der Waals surface area contributed by atoms with Crippen LogP contribution in [0.1, 0.15) is 105 Å². The molecule has 0 amide bonds. The van der Waals surface area contributed by atoms with Crippen molar-refractivity contribution in [3.63, 3.8) is 0 Å². The molecular formula is C20H43PS. The Hall–Kier alpha value is 0.650. The molecule has 0 aliphatic heterocycles. The Morgan fingerprint density at radius 3 is 1.36 bits per heavy atom. The van der Waals surface area contributed by atoms with E-state index in [1.54, 1.807) is 0 Å². The highest BCUT2D eigenvalue weighted by atomic mass is 32.4. The van der Waals surface area contributed by atoms with Crippen LogP contribution < -0.4 is 0 Å². The van der Waals surface area contributed by atoms with E-state index in [1.807, 2.05) is 0 Å². The highest BCUT2D eigenvalue weighted by molar-refractivity contribution is 8.14. The first-order chi connectivity index (χ1) is 10.5. The van der Waals surface area contributed by atoms with Gasteiger partial charge in [0.25, 0.3) is 0 Å². The second-order valence-electron chi connectivity index (χ2n) is 7.62. The molecule has 134 valence electrons. The molecule has 0 aliphatic rings. The lowest BCUT2D eigenvalue weighted by Crippen LogP contribution is -2.05. The van der Waals surface area contributed by atoms with Crippen LogP contribution in [0.4, 0.5) is 0 Å². The van der Waals surface area contributed by atoms with Crippen LogP contribution in [0.2, 0.25) is 0 Å². The molecular weight excluding hydrogens is 303 g/mol. The van der Waals surface area contributed by atoms with Crippen molar-refractivity contribution >= 4 is 17.8 Å². The molecule has 0 nitrogen and oxygen atoms in total. The maximum Gasteiger partial charge on any atom is -0.0211 e. The summed E-state index contributed by atoms with van der Waals surface area (Å²) in [6.07, 6.45) is 21.1. The van der Waals surface area contributed by atoms with Crippen molar-refractivity contribution in [1.29, 1.82) is 0 Å². The largest absolute Gasteiger partial charge is 0.0975 e. The molecule has 0 spiro atoms. The molecule has 0 radical (unpaired) electrons. The van der Waals surface area contributed by atoms with Gasteiger partial charge in [-0.05, 0) is 43.3 Å². The zero-order valence-corrected chi connectivity index (χ0v) is 17.8.